The lowest BCUT2D eigenvalue weighted by atomic mass is 9.96. The van der Waals surface area contributed by atoms with Gasteiger partial charge in [-0.05, 0) is 31.5 Å². The Labute approximate surface area is 134 Å². The zero-order valence-corrected chi connectivity index (χ0v) is 13.4. The second-order valence-corrected chi connectivity index (χ2v) is 6.61. The number of thioether (sulfide) groups is 1. The van der Waals surface area contributed by atoms with Crippen LogP contribution in [0.15, 0.2) is 64.5 Å². The van der Waals surface area contributed by atoms with E-state index in [1.54, 1.807) is 0 Å². The SMILES string of the molecule is CCOC(=O)[C@]1(C)Sc2ccccc2N=C1c1ccccc1. The smallest absolute Gasteiger partial charge is 0.328 e. The van der Waals surface area contributed by atoms with E-state index < -0.39 is 4.75 Å². The van der Waals surface area contributed by atoms with E-state index in [4.69, 9.17) is 9.73 Å². The summed E-state index contributed by atoms with van der Waals surface area (Å²) in [6.45, 7) is 4.07. The highest BCUT2D eigenvalue weighted by atomic mass is 32.2. The van der Waals surface area contributed by atoms with Crippen molar-refractivity contribution in [3.8, 4) is 0 Å². The molecule has 112 valence electrons. The van der Waals surface area contributed by atoms with Gasteiger partial charge in [-0.2, -0.15) is 0 Å². The largest absolute Gasteiger partial charge is 0.465 e. The number of para-hydroxylation sites is 1. The highest BCUT2D eigenvalue weighted by Crippen LogP contribution is 2.46. The van der Waals surface area contributed by atoms with Gasteiger partial charge < -0.3 is 4.74 Å². The van der Waals surface area contributed by atoms with Crippen molar-refractivity contribution < 1.29 is 9.53 Å². The van der Waals surface area contributed by atoms with E-state index in [1.165, 1.54) is 11.8 Å². The second-order valence-electron chi connectivity index (χ2n) is 5.15. The molecule has 0 radical (unpaired) electrons. The third-order valence-corrected chi connectivity index (χ3v) is 4.91. The van der Waals surface area contributed by atoms with Gasteiger partial charge in [-0.3, -0.25) is 4.79 Å². The number of aliphatic imine (C=N–C) groups is 1. The average Bonchev–Trinajstić information content (AvgIpc) is 2.55. The molecular formula is C18H17NO2S. The summed E-state index contributed by atoms with van der Waals surface area (Å²) in [5.74, 6) is -0.253. The van der Waals surface area contributed by atoms with E-state index >= 15 is 0 Å². The van der Waals surface area contributed by atoms with E-state index in [0.717, 1.165) is 21.9 Å². The van der Waals surface area contributed by atoms with Gasteiger partial charge >= 0.3 is 5.97 Å². The molecule has 2 aromatic rings. The number of ether oxygens (including phenoxy) is 1. The third kappa shape index (κ3) is 2.55. The Balaban J connectivity index is 2.15. The van der Waals surface area contributed by atoms with Crippen molar-refractivity contribution in [2.75, 3.05) is 6.61 Å². The number of hydrogen-bond acceptors (Lipinski definition) is 4. The monoisotopic (exact) mass is 311 g/mol. The maximum Gasteiger partial charge on any atom is 0.328 e. The van der Waals surface area contributed by atoms with Crippen molar-refractivity contribution in [3.63, 3.8) is 0 Å². The van der Waals surface area contributed by atoms with E-state index in [-0.39, 0.29) is 5.97 Å². The van der Waals surface area contributed by atoms with Gasteiger partial charge in [0.2, 0.25) is 0 Å². The van der Waals surface area contributed by atoms with Crippen molar-refractivity contribution in [1.29, 1.82) is 0 Å². The van der Waals surface area contributed by atoms with E-state index in [0.29, 0.717) is 6.61 Å². The quantitative estimate of drug-likeness (QED) is 0.796. The highest BCUT2D eigenvalue weighted by Gasteiger charge is 2.44. The summed E-state index contributed by atoms with van der Waals surface area (Å²) in [4.78, 5) is 18.4. The molecule has 0 saturated carbocycles. The Hall–Kier alpha value is -2.07. The molecule has 1 atom stereocenters. The van der Waals surface area contributed by atoms with E-state index in [1.807, 2.05) is 68.4 Å². The summed E-state index contributed by atoms with van der Waals surface area (Å²) in [5, 5.41) is 0. The van der Waals surface area contributed by atoms with Gasteiger partial charge in [0.25, 0.3) is 0 Å². The van der Waals surface area contributed by atoms with Crippen molar-refractivity contribution in [3.05, 3.63) is 60.2 Å². The topological polar surface area (TPSA) is 38.7 Å². The lowest BCUT2D eigenvalue weighted by molar-refractivity contribution is -0.143. The fourth-order valence-corrected chi connectivity index (χ4v) is 3.68. The first kappa shape index (κ1) is 14.9. The molecule has 1 aliphatic rings. The normalized spacial score (nSPS) is 20.0. The predicted octanol–water partition coefficient (Wildman–Crippen LogP) is 4.23. The van der Waals surface area contributed by atoms with Crippen LogP contribution in [0.4, 0.5) is 5.69 Å². The summed E-state index contributed by atoms with van der Waals surface area (Å²) >= 11 is 1.50. The Morgan fingerprint density at radius 2 is 1.82 bits per heavy atom. The van der Waals surface area contributed by atoms with Crippen LogP contribution in [0.1, 0.15) is 19.4 Å². The number of carbonyl (C=O) groups is 1. The number of rotatable bonds is 3. The summed E-state index contributed by atoms with van der Waals surface area (Å²) in [6.07, 6.45) is 0. The Morgan fingerprint density at radius 3 is 2.55 bits per heavy atom. The molecule has 22 heavy (non-hydrogen) atoms. The maximum atomic E-state index is 12.6. The Kier molecular flexibility index (Phi) is 4.03. The van der Waals surface area contributed by atoms with Crippen LogP contribution in [0.2, 0.25) is 0 Å². The minimum atomic E-state index is -0.842. The molecule has 1 heterocycles. The number of carbonyl (C=O) groups excluding carboxylic acids is 1. The molecular weight excluding hydrogens is 294 g/mol. The lowest BCUT2D eigenvalue weighted by Gasteiger charge is -2.32. The van der Waals surface area contributed by atoms with Gasteiger partial charge in [0.05, 0.1) is 18.0 Å². The summed E-state index contributed by atoms with van der Waals surface area (Å²) in [5.41, 5.74) is 2.59. The Morgan fingerprint density at radius 1 is 1.14 bits per heavy atom. The van der Waals surface area contributed by atoms with Crippen LogP contribution in [0, 0.1) is 0 Å². The van der Waals surface area contributed by atoms with Crippen LogP contribution < -0.4 is 0 Å². The molecule has 1 aliphatic heterocycles. The summed E-state index contributed by atoms with van der Waals surface area (Å²) < 4.78 is 4.47. The van der Waals surface area contributed by atoms with Gasteiger partial charge in [0, 0.05) is 4.90 Å². The first-order valence-electron chi connectivity index (χ1n) is 7.25. The van der Waals surface area contributed by atoms with Crippen LogP contribution >= 0.6 is 11.8 Å². The molecule has 0 spiro atoms. The van der Waals surface area contributed by atoms with Crippen LogP contribution in [0.5, 0.6) is 0 Å². The molecule has 0 aromatic heterocycles. The van der Waals surface area contributed by atoms with Crippen LogP contribution in [-0.2, 0) is 9.53 Å². The molecule has 0 fully saturated rings. The Bertz CT molecular complexity index is 727. The van der Waals surface area contributed by atoms with Crippen LogP contribution in [-0.4, -0.2) is 23.0 Å². The van der Waals surface area contributed by atoms with Crippen molar-refractivity contribution in [2.45, 2.75) is 23.5 Å². The van der Waals surface area contributed by atoms with Crippen LogP contribution in [0.3, 0.4) is 0 Å². The van der Waals surface area contributed by atoms with E-state index in [2.05, 4.69) is 0 Å². The predicted molar refractivity (Wildman–Crippen MR) is 90.0 cm³/mol. The summed E-state index contributed by atoms with van der Waals surface area (Å²) in [7, 11) is 0. The fourth-order valence-electron chi connectivity index (χ4n) is 2.47. The first-order chi connectivity index (χ1) is 10.6. The van der Waals surface area contributed by atoms with Crippen molar-refractivity contribution in [1.82, 2.24) is 0 Å². The zero-order valence-electron chi connectivity index (χ0n) is 12.6. The molecule has 0 aliphatic carbocycles. The number of benzene rings is 2. The minimum Gasteiger partial charge on any atom is -0.465 e. The zero-order chi connectivity index (χ0) is 15.6. The number of hydrogen-bond donors (Lipinski definition) is 0. The van der Waals surface area contributed by atoms with Gasteiger partial charge in [-0.15, -0.1) is 0 Å². The standard InChI is InChI=1S/C18H17NO2S/c1-3-21-17(20)18(2)16(13-9-5-4-6-10-13)19-14-11-7-8-12-15(14)22-18/h4-12H,3H2,1-2H3/t18-/m1/s1. The molecule has 0 amide bonds. The van der Waals surface area contributed by atoms with E-state index in [9.17, 15) is 4.79 Å². The highest BCUT2D eigenvalue weighted by molar-refractivity contribution is 8.02. The van der Waals surface area contributed by atoms with Crippen LogP contribution in [0.25, 0.3) is 0 Å². The molecule has 0 N–H and O–H groups in total. The molecule has 0 unspecified atom stereocenters. The van der Waals surface area contributed by atoms with Gasteiger partial charge in [-0.25, -0.2) is 4.99 Å². The molecule has 4 heteroatoms. The average molecular weight is 311 g/mol. The molecule has 3 rings (SSSR count). The molecule has 3 nitrogen and oxygen atoms in total. The third-order valence-electron chi connectivity index (χ3n) is 3.58. The first-order valence-corrected chi connectivity index (χ1v) is 8.06. The molecule has 2 aromatic carbocycles. The molecule has 0 bridgehead atoms. The van der Waals surface area contributed by atoms with Gasteiger partial charge in [0.1, 0.15) is 0 Å². The summed E-state index contributed by atoms with van der Waals surface area (Å²) in [6, 6.07) is 17.7. The van der Waals surface area contributed by atoms with Crippen molar-refractivity contribution in [2.24, 2.45) is 4.99 Å². The van der Waals surface area contributed by atoms with Gasteiger partial charge in [0.15, 0.2) is 4.75 Å². The number of esters is 1. The van der Waals surface area contributed by atoms with Crippen molar-refractivity contribution >= 4 is 29.1 Å². The fraction of sp³-hybridized carbons (Fsp3) is 0.222. The molecule has 0 saturated heterocycles. The minimum absolute atomic E-state index is 0.253. The lowest BCUT2D eigenvalue weighted by Crippen LogP contribution is -2.43. The second kappa shape index (κ2) is 5.97. The van der Waals surface area contributed by atoms with Gasteiger partial charge in [-0.1, -0.05) is 54.2 Å². The maximum absolute atomic E-state index is 12.6. The number of nitrogens with zero attached hydrogens (tertiary/aromatic N) is 1. The number of fused-ring (bicyclic) bond motifs is 1.